The Morgan fingerprint density at radius 3 is 2.26 bits per heavy atom. The van der Waals surface area contributed by atoms with Crippen LogP contribution in [0.3, 0.4) is 0 Å². The molecular formula is C17H29NO. The van der Waals surface area contributed by atoms with E-state index in [4.69, 9.17) is 4.74 Å². The van der Waals surface area contributed by atoms with Gasteiger partial charge in [0.2, 0.25) is 0 Å². The van der Waals surface area contributed by atoms with Gasteiger partial charge < -0.3 is 10.1 Å². The summed E-state index contributed by atoms with van der Waals surface area (Å²) < 4.78 is 5.62. The largest absolute Gasteiger partial charge is 0.380 e. The highest BCUT2D eigenvalue weighted by Crippen LogP contribution is 2.20. The predicted octanol–water partition coefficient (Wildman–Crippen LogP) is 4.04. The Kier molecular flexibility index (Phi) is 7.76. The van der Waals surface area contributed by atoms with Crippen LogP contribution in [0.15, 0.2) is 30.3 Å². The van der Waals surface area contributed by atoms with Crippen molar-refractivity contribution in [3.05, 3.63) is 35.9 Å². The molecule has 0 aromatic heterocycles. The summed E-state index contributed by atoms with van der Waals surface area (Å²) >= 11 is 0. The van der Waals surface area contributed by atoms with Crippen molar-refractivity contribution in [2.45, 2.75) is 40.2 Å². The molecule has 0 saturated heterocycles. The minimum absolute atomic E-state index is 0.434. The third-order valence-electron chi connectivity index (χ3n) is 3.00. The van der Waals surface area contributed by atoms with E-state index in [1.165, 1.54) is 5.56 Å². The molecule has 1 rings (SSSR count). The van der Waals surface area contributed by atoms with Crippen molar-refractivity contribution in [3.8, 4) is 0 Å². The molecule has 0 amide bonds. The van der Waals surface area contributed by atoms with E-state index >= 15 is 0 Å². The summed E-state index contributed by atoms with van der Waals surface area (Å²) in [5.74, 6) is 1.30. The third kappa shape index (κ3) is 7.34. The highest BCUT2D eigenvalue weighted by molar-refractivity contribution is 5.18. The highest BCUT2D eigenvalue weighted by Gasteiger charge is 2.12. The van der Waals surface area contributed by atoms with E-state index in [0.29, 0.717) is 17.9 Å². The van der Waals surface area contributed by atoms with Gasteiger partial charge in [-0.3, -0.25) is 0 Å². The SMILES string of the molecule is CC(C)COCCNC(CC(C)C)c1ccccc1. The maximum atomic E-state index is 5.62. The Morgan fingerprint density at radius 2 is 1.68 bits per heavy atom. The molecular weight excluding hydrogens is 234 g/mol. The normalized spacial score (nSPS) is 13.2. The number of benzene rings is 1. The van der Waals surface area contributed by atoms with Gasteiger partial charge in [0.05, 0.1) is 6.61 Å². The van der Waals surface area contributed by atoms with Crippen LogP contribution in [0.1, 0.15) is 45.7 Å². The molecule has 19 heavy (non-hydrogen) atoms. The number of nitrogens with one attached hydrogen (secondary N) is 1. The molecule has 0 spiro atoms. The molecule has 0 bridgehead atoms. The lowest BCUT2D eigenvalue weighted by Crippen LogP contribution is -2.27. The topological polar surface area (TPSA) is 21.3 Å². The summed E-state index contributed by atoms with van der Waals surface area (Å²) in [6.45, 7) is 11.5. The fraction of sp³-hybridized carbons (Fsp3) is 0.647. The summed E-state index contributed by atoms with van der Waals surface area (Å²) in [4.78, 5) is 0. The lowest BCUT2D eigenvalue weighted by atomic mass is 9.97. The minimum Gasteiger partial charge on any atom is -0.380 e. The second kappa shape index (κ2) is 9.11. The summed E-state index contributed by atoms with van der Waals surface area (Å²) in [5.41, 5.74) is 1.38. The second-order valence-electron chi connectivity index (χ2n) is 6.02. The Balaban J connectivity index is 2.38. The predicted molar refractivity (Wildman–Crippen MR) is 82.3 cm³/mol. The van der Waals surface area contributed by atoms with Crippen molar-refractivity contribution >= 4 is 0 Å². The van der Waals surface area contributed by atoms with Crippen molar-refractivity contribution in [1.29, 1.82) is 0 Å². The van der Waals surface area contributed by atoms with Gasteiger partial charge >= 0.3 is 0 Å². The first-order valence-electron chi connectivity index (χ1n) is 7.45. The van der Waals surface area contributed by atoms with E-state index in [1.54, 1.807) is 0 Å². The van der Waals surface area contributed by atoms with E-state index < -0.39 is 0 Å². The molecule has 1 unspecified atom stereocenters. The standard InChI is InChI=1S/C17H29NO/c1-14(2)12-17(16-8-6-5-7-9-16)18-10-11-19-13-15(3)4/h5-9,14-15,17-18H,10-13H2,1-4H3. The van der Waals surface area contributed by atoms with E-state index in [0.717, 1.165) is 26.2 Å². The highest BCUT2D eigenvalue weighted by atomic mass is 16.5. The average Bonchev–Trinajstić information content (AvgIpc) is 2.37. The monoisotopic (exact) mass is 263 g/mol. The molecule has 0 aliphatic carbocycles. The van der Waals surface area contributed by atoms with Crippen molar-refractivity contribution < 1.29 is 4.74 Å². The third-order valence-corrected chi connectivity index (χ3v) is 3.00. The van der Waals surface area contributed by atoms with E-state index in [9.17, 15) is 0 Å². The van der Waals surface area contributed by atoms with Crippen molar-refractivity contribution in [2.24, 2.45) is 11.8 Å². The molecule has 0 fully saturated rings. The van der Waals surface area contributed by atoms with Crippen LogP contribution in [0.4, 0.5) is 0 Å². The Labute approximate surface area is 118 Å². The van der Waals surface area contributed by atoms with Gasteiger partial charge in [0.1, 0.15) is 0 Å². The average molecular weight is 263 g/mol. The zero-order valence-electron chi connectivity index (χ0n) is 12.9. The molecule has 0 aliphatic rings. The molecule has 2 heteroatoms. The van der Waals surface area contributed by atoms with E-state index in [1.807, 2.05) is 0 Å². The molecule has 1 aromatic rings. The van der Waals surface area contributed by atoms with Gasteiger partial charge in [0.25, 0.3) is 0 Å². The number of hydrogen-bond acceptors (Lipinski definition) is 2. The van der Waals surface area contributed by atoms with Gasteiger partial charge in [-0.15, -0.1) is 0 Å². The van der Waals surface area contributed by atoms with Gasteiger partial charge in [-0.1, -0.05) is 58.0 Å². The Hall–Kier alpha value is -0.860. The summed E-state index contributed by atoms with van der Waals surface area (Å²) in [7, 11) is 0. The molecule has 1 N–H and O–H groups in total. The van der Waals surface area contributed by atoms with Crippen molar-refractivity contribution in [1.82, 2.24) is 5.32 Å². The quantitative estimate of drug-likeness (QED) is 0.679. The molecule has 1 atom stereocenters. The van der Waals surface area contributed by atoms with E-state index in [2.05, 4.69) is 63.3 Å². The van der Waals surface area contributed by atoms with Gasteiger partial charge in [0, 0.05) is 19.2 Å². The molecule has 2 nitrogen and oxygen atoms in total. The smallest absolute Gasteiger partial charge is 0.0591 e. The fourth-order valence-corrected chi connectivity index (χ4v) is 2.12. The molecule has 0 saturated carbocycles. The molecule has 108 valence electrons. The maximum absolute atomic E-state index is 5.62. The van der Waals surface area contributed by atoms with E-state index in [-0.39, 0.29) is 0 Å². The lowest BCUT2D eigenvalue weighted by Gasteiger charge is -2.21. The van der Waals surface area contributed by atoms with Crippen LogP contribution in [0.5, 0.6) is 0 Å². The van der Waals surface area contributed by atoms with Gasteiger partial charge in [-0.2, -0.15) is 0 Å². The number of rotatable bonds is 9. The Morgan fingerprint density at radius 1 is 1.00 bits per heavy atom. The van der Waals surface area contributed by atoms with Crippen LogP contribution in [-0.2, 0) is 4.74 Å². The van der Waals surface area contributed by atoms with Gasteiger partial charge in [-0.05, 0) is 23.8 Å². The second-order valence-corrected chi connectivity index (χ2v) is 6.02. The first kappa shape index (κ1) is 16.2. The summed E-state index contributed by atoms with van der Waals surface area (Å²) in [6.07, 6.45) is 1.16. The summed E-state index contributed by atoms with van der Waals surface area (Å²) in [5, 5.41) is 3.62. The molecule has 0 aliphatic heterocycles. The van der Waals surface area contributed by atoms with Crippen LogP contribution >= 0.6 is 0 Å². The molecule has 0 heterocycles. The van der Waals surface area contributed by atoms with Gasteiger partial charge in [0.15, 0.2) is 0 Å². The molecule has 0 radical (unpaired) electrons. The van der Waals surface area contributed by atoms with Crippen molar-refractivity contribution in [3.63, 3.8) is 0 Å². The van der Waals surface area contributed by atoms with Crippen LogP contribution in [-0.4, -0.2) is 19.8 Å². The zero-order valence-corrected chi connectivity index (χ0v) is 12.9. The minimum atomic E-state index is 0.434. The number of hydrogen-bond donors (Lipinski definition) is 1. The number of ether oxygens (including phenoxy) is 1. The van der Waals surface area contributed by atoms with Crippen molar-refractivity contribution in [2.75, 3.05) is 19.8 Å². The zero-order chi connectivity index (χ0) is 14.1. The van der Waals surface area contributed by atoms with Gasteiger partial charge in [-0.25, -0.2) is 0 Å². The Bertz CT molecular complexity index is 321. The van der Waals surface area contributed by atoms with Crippen LogP contribution in [0.2, 0.25) is 0 Å². The van der Waals surface area contributed by atoms with Crippen LogP contribution in [0, 0.1) is 11.8 Å². The summed E-state index contributed by atoms with van der Waals surface area (Å²) in [6, 6.07) is 11.1. The maximum Gasteiger partial charge on any atom is 0.0591 e. The first-order chi connectivity index (χ1) is 9.09. The lowest BCUT2D eigenvalue weighted by molar-refractivity contribution is 0.109. The van der Waals surface area contributed by atoms with Crippen LogP contribution in [0.25, 0.3) is 0 Å². The fourth-order valence-electron chi connectivity index (χ4n) is 2.12. The first-order valence-corrected chi connectivity index (χ1v) is 7.45. The molecule has 1 aromatic carbocycles. The van der Waals surface area contributed by atoms with Crippen LogP contribution < -0.4 is 5.32 Å².